The molecule has 1 heterocycles. The van der Waals surface area contributed by atoms with Crippen LogP contribution in [0.5, 0.6) is 5.75 Å². The van der Waals surface area contributed by atoms with Gasteiger partial charge in [-0.2, -0.15) is 5.10 Å². The Balaban J connectivity index is 1.94. The number of aromatic nitrogens is 2. The van der Waals surface area contributed by atoms with Crippen LogP contribution in [0.1, 0.15) is 17.2 Å². The molecule has 7 nitrogen and oxygen atoms in total. The molecule has 0 saturated carbocycles. The number of hydrogen-bond donors (Lipinski definition) is 1. The summed E-state index contributed by atoms with van der Waals surface area (Å²) in [5.41, 5.74) is 2.13. The number of aryl methyl sites for hydroxylation is 1. The number of ether oxygens (including phenoxy) is 1. The Morgan fingerprint density at radius 1 is 1.28 bits per heavy atom. The molecule has 1 aromatic carbocycles. The molecule has 2 rings (SSSR count). The molecule has 7 heteroatoms. The molecule has 1 aromatic heterocycles. The minimum absolute atomic E-state index is 0.0849. The largest absolute Gasteiger partial charge is 0.497 e. The Hall–Kier alpha value is -2.54. The average Bonchev–Trinajstić information content (AvgIpc) is 3.00. The van der Waals surface area contributed by atoms with Gasteiger partial charge in [-0.05, 0) is 31.8 Å². The maximum atomic E-state index is 12.4. The molecule has 25 heavy (non-hydrogen) atoms. The van der Waals surface area contributed by atoms with Crippen molar-refractivity contribution in [2.24, 2.45) is 7.05 Å². The molecular formula is C18H27N5O2. The number of rotatable bonds is 7. The number of amides is 2. The molecule has 136 valence electrons. The van der Waals surface area contributed by atoms with Gasteiger partial charge < -0.3 is 19.9 Å². The van der Waals surface area contributed by atoms with E-state index in [-0.39, 0.29) is 12.1 Å². The van der Waals surface area contributed by atoms with Gasteiger partial charge in [-0.1, -0.05) is 12.1 Å². The van der Waals surface area contributed by atoms with Crippen LogP contribution in [-0.2, 0) is 13.6 Å². The van der Waals surface area contributed by atoms with E-state index in [9.17, 15) is 4.79 Å². The van der Waals surface area contributed by atoms with E-state index in [1.807, 2.05) is 51.6 Å². The molecule has 2 aromatic rings. The number of hydrogen-bond acceptors (Lipinski definition) is 4. The molecule has 0 radical (unpaired) electrons. The molecule has 0 bridgehead atoms. The maximum Gasteiger partial charge on any atom is 0.317 e. The summed E-state index contributed by atoms with van der Waals surface area (Å²) >= 11 is 0. The van der Waals surface area contributed by atoms with Crippen molar-refractivity contribution in [1.82, 2.24) is 24.9 Å². The first-order valence-electron chi connectivity index (χ1n) is 8.17. The van der Waals surface area contributed by atoms with Crippen molar-refractivity contribution in [2.45, 2.75) is 12.6 Å². The standard InChI is InChI=1S/C18H27N5O2/c1-21(2)17(15-6-8-16(25-5)9-7-15)11-19-18(24)22(3)12-14-10-20-23(4)13-14/h6-10,13,17H,11-12H2,1-5H3,(H,19,24). The first kappa shape index (κ1) is 18.8. The first-order chi connectivity index (χ1) is 11.9. The molecule has 0 spiro atoms. The topological polar surface area (TPSA) is 62.6 Å². The van der Waals surface area contributed by atoms with Crippen molar-refractivity contribution in [3.8, 4) is 5.75 Å². The van der Waals surface area contributed by atoms with Gasteiger partial charge in [-0.25, -0.2) is 4.79 Å². The summed E-state index contributed by atoms with van der Waals surface area (Å²) in [4.78, 5) is 16.1. The molecule has 0 fully saturated rings. The fourth-order valence-electron chi connectivity index (χ4n) is 2.64. The van der Waals surface area contributed by atoms with Crippen molar-refractivity contribution in [3.63, 3.8) is 0 Å². The van der Waals surface area contributed by atoms with Gasteiger partial charge in [-0.3, -0.25) is 4.68 Å². The van der Waals surface area contributed by atoms with E-state index in [1.54, 1.807) is 29.9 Å². The third kappa shape index (κ3) is 5.22. The van der Waals surface area contributed by atoms with Gasteiger partial charge in [0.2, 0.25) is 0 Å². The molecule has 0 aliphatic rings. The minimum atomic E-state index is -0.107. The van der Waals surface area contributed by atoms with Crippen molar-refractivity contribution in [1.29, 1.82) is 0 Å². The Morgan fingerprint density at radius 2 is 1.96 bits per heavy atom. The van der Waals surface area contributed by atoms with Crippen LogP contribution in [0.3, 0.4) is 0 Å². The van der Waals surface area contributed by atoms with Crippen LogP contribution in [0.2, 0.25) is 0 Å². The van der Waals surface area contributed by atoms with Gasteiger partial charge in [0.25, 0.3) is 0 Å². The van der Waals surface area contributed by atoms with Crippen LogP contribution in [-0.4, -0.2) is 60.4 Å². The molecule has 0 saturated heterocycles. The second-order valence-electron chi connectivity index (χ2n) is 6.32. The van der Waals surface area contributed by atoms with Crippen LogP contribution in [0.25, 0.3) is 0 Å². The van der Waals surface area contributed by atoms with E-state index in [4.69, 9.17) is 4.74 Å². The predicted octanol–water partition coefficient (Wildman–Crippen LogP) is 1.87. The van der Waals surface area contributed by atoms with Gasteiger partial charge >= 0.3 is 6.03 Å². The average molecular weight is 345 g/mol. The Morgan fingerprint density at radius 3 is 2.48 bits per heavy atom. The summed E-state index contributed by atoms with van der Waals surface area (Å²) in [5, 5.41) is 7.13. The SMILES string of the molecule is COc1ccc(C(CNC(=O)N(C)Cc2cnn(C)c2)N(C)C)cc1. The summed E-state index contributed by atoms with van der Waals surface area (Å²) in [6.45, 7) is 1.05. The van der Waals surface area contributed by atoms with Gasteiger partial charge in [0.1, 0.15) is 5.75 Å². The van der Waals surface area contributed by atoms with Crippen molar-refractivity contribution >= 4 is 6.03 Å². The number of nitrogens with one attached hydrogen (secondary N) is 1. The van der Waals surface area contributed by atoms with E-state index >= 15 is 0 Å². The maximum absolute atomic E-state index is 12.4. The van der Waals surface area contributed by atoms with E-state index in [1.165, 1.54) is 0 Å². The summed E-state index contributed by atoms with van der Waals surface area (Å²) in [6.07, 6.45) is 3.67. The third-order valence-corrected chi connectivity index (χ3v) is 4.10. The highest BCUT2D eigenvalue weighted by Gasteiger charge is 2.17. The molecule has 1 unspecified atom stereocenters. The Bertz CT molecular complexity index is 681. The summed E-state index contributed by atoms with van der Waals surface area (Å²) in [5.74, 6) is 0.821. The van der Waals surface area contributed by atoms with E-state index in [0.717, 1.165) is 16.9 Å². The molecule has 0 aliphatic heterocycles. The van der Waals surface area contributed by atoms with E-state index in [0.29, 0.717) is 13.1 Å². The van der Waals surface area contributed by atoms with Crippen molar-refractivity contribution in [2.75, 3.05) is 34.8 Å². The number of methoxy groups -OCH3 is 1. The number of nitrogens with zero attached hydrogens (tertiary/aromatic N) is 4. The fraction of sp³-hybridized carbons (Fsp3) is 0.444. The predicted molar refractivity (Wildman–Crippen MR) is 97.5 cm³/mol. The lowest BCUT2D eigenvalue weighted by molar-refractivity contribution is 0.200. The fourth-order valence-corrected chi connectivity index (χ4v) is 2.64. The number of likely N-dealkylation sites (N-methyl/N-ethyl adjacent to an activating group) is 1. The highest BCUT2D eigenvalue weighted by molar-refractivity contribution is 5.73. The van der Waals surface area contributed by atoms with E-state index in [2.05, 4.69) is 15.3 Å². The summed E-state index contributed by atoms with van der Waals surface area (Å²) in [6, 6.07) is 7.89. The molecule has 0 aliphatic carbocycles. The number of carbonyl (C=O) groups is 1. The molecular weight excluding hydrogens is 318 g/mol. The molecule has 2 amide bonds. The Kier molecular flexibility index (Phi) is 6.41. The zero-order chi connectivity index (χ0) is 18.4. The van der Waals surface area contributed by atoms with Gasteiger partial charge in [-0.15, -0.1) is 0 Å². The number of carbonyl (C=O) groups excluding carboxylic acids is 1. The van der Waals surface area contributed by atoms with Crippen LogP contribution in [0.4, 0.5) is 4.79 Å². The van der Waals surface area contributed by atoms with Crippen LogP contribution in [0, 0.1) is 0 Å². The smallest absolute Gasteiger partial charge is 0.317 e. The van der Waals surface area contributed by atoms with Crippen molar-refractivity contribution < 1.29 is 9.53 Å². The normalized spacial score (nSPS) is 12.1. The first-order valence-corrected chi connectivity index (χ1v) is 8.17. The second kappa shape index (κ2) is 8.53. The highest BCUT2D eigenvalue weighted by atomic mass is 16.5. The third-order valence-electron chi connectivity index (χ3n) is 4.10. The van der Waals surface area contributed by atoms with Gasteiger partial charge in [0, 0.05) is 32.4 Å². The zero-order valence-electron chi connectivity index (χ0n) is 15.6. The Labute approximate surface area is 149 Å². The van der Waals surface area contributed by atoms with Crippen LogP contribution >= 0.6 is 0 Å². The number of urea groups is 1. The lowest BCUT2D eigenvalue weighted by atomic mass is 10.1. The second-order valence-corrected chi connectivity index (χ2v) is 6.32. The monoisotopic (exact) mass is 345 g/mol. The zero-order valence-corrected chi connectivity index (χ0v) is 15.6. The lowest BCUT2D eigenvalue weighted by Gasteiger charge is -2.26. The van der Waals surface area contributed by atoms with E-state index < -0.39 is 0 Å². The van der Waals surface area contributed by atoms with Crippen molar-refractivity contribution in [3.05, 3.63) is 47.8 Å². The van der Waals surface area contributed by atoms with Crippen LogP contribution in [0.15, 0.2) is 36.7 Å². The summed E-state index contributed by atoms with van der Waals surface area (Å²) in [7, 11) is 9.29. The van der Waals surface area contributed by atoms with Gasteiger partial charge in [0.15, 0.2) is 0 Å². The molecule has 1 atom stereocenters. The lowest BCUT2D eigenvalue weighted by Crippen LogP contribution is -2.41. The van der Waals surface area contributed by atoms with Gasteiger partial charge in [0.05, 0.1) is 25.9 Å². The highest BCUT2D eigenvalue weighted by Crippen LogP contribution is 2.20. The summed E-state index contributed by atoms with van der Waals surface area (Å²) < 4.78 is 6.93. The number of benzene rings is 1. The molecule has 1 N–H and O–H groups in total. The quantitative estimate of drug-likeness (QED) is 0.832. The minimum Gasteiger partial charge on any atom is -0.497 e. The van der Waals surface area contributed by atoms with Crippen LogP contribution < -0.4 is 10.1 Å².